The molecule has 0 unspecified atom stereocenters. The van der Waals surface area contributed by atoms with Crippen molar-refractivity contribution in [2.45, 2.75) is 0 Å². The highest BCUT2D eigenvalue weighted by molar-refractivity contribution is 7.80. The molecule has 0 aliphatic carbocycles. The molecule has 0 atom stereocenters. The van der Waals surface area contributed by atoms with Crippen LogP contribution in [0.4, 0.5) is 5.69 Å². The zero-order valence-corrected chi connectivity index (χ0v) is 13.4. The third-order valence-corrected chi connectivity index (χ3v) is 3.36. The fraction of sp³-hybridized carbons (Fsp3) is 0. The van der Waals surface area contributed by atoms with Gasteiger partial charge in [0.25, 0.3) is 5.91 Å². The molecule has 2 aromatic rings. The fourth-order valence-electron chi connectivity index (χ4n) is 1.46. The molecule has 1 aromatic heterocycles. The van der Waals surface area contributed by atoms with Crippen molar-refractivity contribution in [3.8, 4) is 0 Å². The number of nitrogens with zero attached hydrogens (tertiary/aromatic N) is 1. The predicted molar refractivity (Wildman–Crippen MR) is 89.4 cm³/mol. The number of benzene rings is 1. The van der Waals surface area contributed by atoms with Crippen LogP contribution in [0.2, 0.25) is 15.2 Å². The lowest BCUT2D eigenvalue weighted by Crippen LogP contribution is -2.34. The molecule has 108 valence electrons. The Balaban J connectivity index is 2.02. The van der Waals surface area contributed by atoms with Gasteiger partial charge in [0.1, 0.15) is 5.15 Å². The minimum atomic E-state index is -0.434. The van der Waals surface area contributed by atoms with Crippen molar-refractivity contribution < 1.29 is 4.79 Å². The van der Waals surface area contributed by atoms with Crippen LogP contribution in [0.15, 0.2) is 36.5 Å². The van der Waals surface area contributed by atoms with E-state index in [1.165, 1.54) is 18.3 Å². The van der Waals surface area contributed by atoms with Gasteiger partial charge in [-0.05, 0) is 42.5 Å². The SMILES string of the molecule is O=C(NC(=S)Nc1ccc(Cl)nc1)c1ccc(Cl)cc1Cl. The number of nitrogens with one attached hydrogen (secondary N) is 2. The molecule has 8 heteroatoms. The van der Waals surface area contributed by atoms with Gasteiger partial charge in [0.2, 0.25) is 0 Å². The van der Waals surface area contributed by atoms with E-state index in [4.69, 9.17) is 47.0 Å². The van der Waals surface area contributed by atoms with Gasteiger partial charge in [0.15, 0.2) is 5.11 Å². The quantitative estimate of drug-likeness (QED) is 0.623. The average molecular weight is 361 g/mol. The maximum absolute atomic E-state index is 12.0. The Kier molecular flexibility index (Phi) is 5.36. The smallest absolute Gasteiger partial charge is 0.258 e. The molecule has 0 aliphatic rings. The minimum absolute atomic E-state index is 0.120. The van der Waals surface area contributed by atoms with E-state index in [1.54, 1.807) is 18.2 Å². The first-order valence-corrected chi connectivity index (χ1v) is 7.19. The molecule has 0 radical (unpaired) electrons. The number of halogens is 3. The normalized spacial score (nSPS) is 10.0. The van der Waals surface area contributed by atoms with Gasteiger partial charge in [-0.1, -0.05) is 34.8 Å². The standard InChI is InChI=1S/C13H8Cl3N3OS/c14-7-1-3-9(10(15)5-7)12(20)19-13(21)18-8-2-4-11(16)17-6-8/h1-6H,(H2,18,19,20,21). The van der Waals surface area contributed by atoms with Gasteiger partial charge in [-0.3, -0.25) is 10.1 Å². The van der Waals surface area contributed by atoms with Gasteiger partial charge in [-0.25, -0.2) is 4.98 Å². The molecule has 2 N–H and O–H groups in total. The number of hydrogen-bond donors (Lipinski definition) is 2. The van der Waals surface area contributed by atoms with Crippen LogP contribution in [0.5, 0.6) is 0 Å². The maximum Gasteiger partial charge on any atom is 0.258 e. The maximum atomic E-state index is 12.0. The first-order chi connectivity index (χ1) is 9.95. The number of thiocarbonyl (C=S) groups is 1. The highest BCUT2D eigenvalue weighted by atomic mass is 35.5. The van der Waals surface area contributed by atoms with Gasteiger partial charge < -0.3 is 5.32 Å². The molecule has 0 saturated heterocycles. The zero-order chi connectivity index (χ0) is 15.4. The Hall–Kier alpha value is -1.40. The van der Waals surface area contributed by atoms with Gasteiger partial charge in [-0.2, -0.15) is 0 Å². The molecule has 1 amide bonds. The van der Waals surface area contributed by atoms with E-state index >= 15 is 0 Å². The summed E-state index contributed by atoms with van der Waals surface area (Å²) >= 11 is 22.4. The van der Waals surface area contributed by atoms with E-state index < -0.39 is 5.91 Å². The number of carbonyl (C=O) groups excluding carboxylic acids is 1. The summed E-state index contributed by atoms with van der Waals surface area (Å²) in [6.07, 6.45) is 1.50. The van der Waals surface area contributed by atoms with E-state index in [-0.39, 0.29) is 15.7 Å². The van der Waals surface area contributed by atoms with Crippen LogP contribution >= 0.6 is 47.0 Å². The Morgan fingerprint density at radius 2 is 1.90 bits per heavy atom. The fourth-order valence-corrected chi connectivity index (χ4v) is 2.27. The van der Waals surface area contributed by atoms with Crippen LogP contribution in [0.1, 0.15) is 10.4 Å². The summed E-state index contributed by atoms with van der Waals surface area (Å²) in [5, 5.41) is 6.50. The van der Waals surface area contributed by atoms with Crippen molar-refractivity contribution in [2.24, 2.45) is 0 Å². The molecule has 21 heavy (non-hydrogen) atoms. The molecule has 0 aliphatic heterocycles. The number of carbonyl (C=O) groups is 1. The molecule has 0 spiro atoms. The highest BCUT2D eigenvalue weighted by Gasteiger charge is 2.12. The van der Waals surface area contributed by atoms with Gasteiger partial charge in [0.05, 0.1) is 22.5 Å². The number of anilines is 1. The van der Waals surface area contributed by atoms with E-state index in [0.717, 1.165) is 0 Å². The second-order valence-corrected chi connectivity index (χ2v) is 5.54. The second-order valence-electron chi connectivity index (χ2n) is 3.90. The Morgan fingerprint density at radius 1 is 1.14 bits per heavy atom. The molecule has 1 heterocycles. The van der Waals surface area contributed by atoms with E-state index in [1.807, 2.05) is 0 Å². The zero-order valence-electron chi connectivity index (χ0n) is 10.4. The Labute approximate surface area is 141 Å². The molecule has 2 rings (SSSR count). The largest absolute Gasteiger partial charge is 0.331 e. The lowest BCUT2D eigenvalue weighted by atomic mass is 10.2. The highest BCUT2D eigenvalue weighted by Crippen LogP contribution is 2.20. The molecule has 0 fully saturated rings. The van der Waals surface area contributed by atoms with Crippen molar-refractivity contribution in [2.75, 3.05) is 5.32 Å². The van der Waals surface area contributed by atoms with Crippen molar-refractivity contribution in [1.82, 2.24) is 10.3 Å². The second kappa shape index (κ2) is 7.04. The third kappa shape index (κ3) is 4.54. The lowest BCUT2D eigenvalue weighted by molar-refractivity contribution is 0.0978. The summed E-state index contributed by atoms with van der Waals surface area (Å²) in [6.45, 7) is 0. The number of rotatable bonds is 2. The predicted octanol–water partition coefficient (Wildman–Crippen LogP) is 4.17. The minimum Gasteiger partial charge on any atom is -0.331 e. The van der Waals surface area contributed by atoms with Crippen molar-refractivity contribution >= 4 is 63.7 Å². The summed E-state index contributed by atoms with van der Waals surface area (Å²) < 4.78 is 0. The first-order valence-electron chi connectivity index (χ1n) is 5.64. The number of amides is 1. The van der Waals surface area contributed by atoms with Crippen molar-refractivity contribution in [3.05, 3.63) is 57.3 Å². The number of hydrogen-bond acceptors (Lipinski definition) is 3. The van der Waals surface area contributed by atoms with E-state index in [2.05, 4.69) is 15.6 Å². The van der Waals surface area contributed by atoms with Crippen LogP contribution in [0.25, 0.3) is 0 Å². The summed E-state index contributed by atoms with van der Waals surface area (Å²) in [5.74, 6) is -0.434. The number of aromatic nitrogens is 1. The van der Waals surface area contributed by atoms with Gasteiger partial charge in [0, 0.05) is 5.02 Å². The lowest BCUT2D eigenvalue weighted by Gasteiger charge is -2.10. The summed E-state index contributed by atoms with van der Waals surface area (Å²) in [7, 11) is 0. The molecule has 0 bridgehead atoms. The van der Waals surface area contributed by atoms with E-state index in [9.17, 15) is 4.79 Å². The number of pyridine rings is 1. The molecular formula is C13H8Cl3N3OS. The van der Waals surface area contributed by atoms with Crippen molar-refractivity contribution in [3.63, 3.8) is 0 Å². The van der Waals surface area contributed by atoms with Crippen LogP contribution in [-0.2, 0) is 0 Å². The van der Waals surface area contributed by atoms with E-state index in [0.29, 0.717) is 15.9 Å². The molecule has 0 saturated carbocycles. The van der Waals surface area contributed by atoms with Crippen LogP contribution in [0, 0.1) is 0 Å². The van der Waals surface area contributed by atoms with Crippen LogP contribution in [0.3, 0.4) is 0 Å². The average Bonchev–Trinajstić information content (AvgIpc) is 2.41. The summed E-state index contributed by atoms with van der Waals surface area (Å²) in [4.78, 5) is 15.9. The summed E-state index contributed by atoms with van der Waals surface area (Å²) in [6, 6.07) is 7.86. The van der Waals surface area contributed by atoms with Crippen molar-refractivity contribution in [1.29, 1.82) is 0 Å². The Morgan fingerprint density at radius 3 is 2.52 bits per heavy atom. The summed E-state index contributed by atoms with van der Waals surface area (Å²) in [5.41, 5.74) is 0.881. The van der Waals surface area contributed by atoms with Crippen LogP contribution in [-0.4, -0.2) is 16.0 Å². The van der Waals surface area contributed by atoms with Gasteiger partial charge in [-0.15, -0.1) is 0 Å². The molecule has 1 aromatic carbocycles. The van der Waals surface area contributed by atoms with Gasteiger partial charge >= 0.3 is 0 Å². The molecular weight excluding hydrogens is 353 g/mol. The third-order valence-electron chi connectivity index (χ3n) is 2.39. The van der Waals surface area contributed by atoms with Crippen LogP contribution < -0.4 is 10.6 Å². The monoisotopic (exact) mass is 359 g/mol. The Bertz CT molecular complexity index is 692. The first kappa shape index (κ1) is 16.0. The molecule has 4 nitrogen and oxygen atoms in total. The topological polar surface area (TPSA) is 54.0 Å².